The van der Waals surface area contributed by atoms with Crippen LogP contribution in [-0.2, 0) is 20.8 Å². The largest absolute Gasteiger partial charge is 0.444 e. The van der Waals surface area contributed by atoms with Crippen LogP contribution in [0.4, 0.5) is 10.5 Å². The number of hydrogen-bond donors (Lipinski definition) is 2. The number of carbonyl (C=O) groups excluding carboxylic acids is 2. The lowest BCUT2D eigenvalue weighted by Gasteiger charge is -2.25. The van der Waals surface area contributed by atoms with Gasteiger partial charge in [-0.1, -0.05) is 13.8 Å². The fourth-order valence-electron chi connectivity index (χ4n) is 2.78. The summed E-state index contributed by atoms with van der Waals surface area (Å²) in [5, 5.41) is 5.75. The lowest BCUT2D eigenvalue weighted by molar-refractivity contribution is -0.119. The number of nitrogens with zero attached hydrogens (tertiary/aromatic N) is 2. The highest BCUT2D eigenvalue weighted by Gasteiger charge is 2.27. The second-order valence-electron chi connectivity index (χ2n) is 8.33. The fraction of sp³-hybridized carbons (Fsp3) is 0.524. The molecule has 2 N–H and O–H groups in total. The van der Waals surface area contributed by atoms with Crippen molar-refractivity contribution in [2.75, 3.05) is 19.0 Å². The van der Waals surface area contributed by atoms with Crippen molar-refractivity contribution in [2.45, 2.75) is 52.8 Å². The van der Waals surface area contributed by atoms with Crippen LogP contribution in [0, 0.1) is 5.92 Å². The van der Waals surface area contributed by atoms with Crippen molar-refractivity contribution in [3.05, 3.63) is 34.9 Å². The zero-order chi connectivity index (χ0) is 22.5. The maximum atomic E-state index is 12.8. The molecule has 30 heavy (non-hydrogen) atoms. The van der Waals surface area contributed by atoms with Gasteiger partial charge in [-0.05, 0) is 44.9 Å². The summed E-state index contributed by atoms with van der Waals surface area (Å²) in [7, 11) is 1.56. The summed E-state index contributed by atoms with van der Waals surface area (Å²) in [5.41, 5.74) is 0.0720. The Labute approximate surface area is 175 Å². The van der Waals surface area contributed by atoms with Crippen LogP contribution >= 0.6 is 0 Å². The second kappa shape index (κ2) is 9.71. The summed E-state index contributed by atoms with van der Waals surface area (Å²) in [4.78, 5) is 41.8. The quantitative estimate of drug-likeness (QED) is 0.715. The first-order chi connectivity index (χ1) is 14.0. The van der Waals surface area contributed by atoms with Crippen molar-refractivity contribution >= 4 is 28.6 Å². The highest BCUT2D eigenvalue weighted by atomic mass is 16.6. The molecule has 1 aromatic heterocycles. The van der Waals surface area contributed by atoms with Gasteiger partial charge in [-0.25, -0.2) is 9.78 Å². The lowest BCUT2D eigenvalue weighted by Crippen LogP contribution is -2.48. The number of carbonyl (C=O) groups is 2. The molecular weight excluding hydrogens is 388 g/mol. The normalized spacial score (nSPS) is 12.6. The van der Waals surface area contributed by atoms with Gasteiger partial charge in [-0.3, -0.25) is 14.2 Å². The summed E-state index contributed by atoms with van der Waals surface area (Å²) in [6.45, 7) is 9.65. The summed E-state index contributed by atoms with van der Waals surface area (Å²) in [5.74, 6) is -0.579. The molecular formula is C21H30N4O5. The van der Waals surface area contributed by atoms with Crippen molar-refractivity contribution in [1.82, 2.24) is 14.9 Å². The minimum Gasteiger partial charge on any atom is -0.444 e. The predicted octanol–water partition coefficient (Wildman–Crippen LogP) is 2.53. The maximum Gasteiger partial charge on any atom is 0.408 e. The molecule has 1 aromatic carbocycles. The monoisotopic (exact) mass is 418 g/mol. The van der Waals surface area contributed by atoms with Gasteiger partial charge in [-0.15, -0.1) is 0 Å². The number of rotatable bonds is 7. The van der Waals surface area contributed by atoms with E-state index in [1.807, 2.05) is 13.8 Å². The Kier molecular flexibility index (Phi) is 7.55. The molecule has 0 radical (unpaired) electrons. The van der Waals surface area contributed by atoms with Gasteiger partial charge in [-0.2, -0.15) is 0 Å². The predicted molar refractivity (Wildman–Crippen MR) is 115 cm³/mol. The lowest BCUT2D eigenvalue weighted by atomic mass is 10.0. The molecule has 0 fully saturated rings. The van der Waals surface area contributed by atoms with Crippen molar-refractivity contribution in [2.24, 2.45) is 5.92 Å². The van der Waals surface area contributed by atoms with Crippen LogP contribution in [-0.4, -0.2) is 46.9 Å². The number of benzene rings is 1. The number of aromatic nitrogens is 2. The molecule has 164 valence electrons. The van der Waals surface area contributed by atoms with Gasteiger partial charge in [0.15, 0.2) is 0 Å². The third-order valence-corrected chi connectivity index (χ3v) is 4.25. The fourth-order valence-corrected chi connectivity index (χ4v) is 2.78. The smallest absolute Gasteiger partial charge is 0.408 e. The number of ether oxygens (including phenoxy) is 2. The van der Waals surface area contributed by atoms with Gasteiger partial charge in [0.2, 0.25) is 5.91 Å². The van der Waals surface area contributed by atoms with Crippen LogP contribution in [0.25, 0.3) is 10.9 Å². The van der Waals surface area contributed by atoms with E-state index in [1.165, 1.54) is 10.9 Å². The SMILES string of the molecule is COCCn1cnc2ccc(NC(=O)C(NC(=O)OC(C)(C)C)C(C)C)cc2c1=O. The highest BCUT2D eigenvalue weighted by molar-refractivity contribution is 5.98. The van der Waals surface area contributed by atoms with Crippen LogP contribution in [0.5, 0.6) is 0 Å². The van der Waals surface area contributed by atoms with Gasteiger partial charge in [0.05, 0.1) is 30.4 Å². The van der Waals surface area contributed by atoms with Crippen LogP contribution in [0.15, 0.2) is 29.3 Å². The maximum absolute atomic E-state index is 12.8. The van der Waals surface area contributed by atoms with E-state index in [0.717, 1.165) is 0 Å². The van der Waals surface area contributed by atoms with E-state index in [1.54, 1.807) is 46.1 Å². The number of nitrogens with one attached hydrogen (secondary N) is 2. The Morgan fingerprint density at radius 3 is 2.53 bits per heavy atom. The molecule has 9 heteroatoms. The van der Waals surface area contributed by atoms with Crippen LogP contribution in [0.2, 0.25) is 0 Å². The minimum absolute atomic E-state index is 0.175. The molecule has 1 heterocycles. The minimum atomic E-state index is -0.803. The Morgan fingerprint density at radius 1 is 1.23 bits per heavy atom. The third kappa shape index (κ3) is 6.28. The summed E-state index contributed by atoms with van der Waals surface area (Å²) >= 11 is 0. The Hall–Kier alpha value is -2.94. The van der Waals surface area contributed by atoms with E-state index in [2.05, 4.69) is 15.6 Å². The number of fused-ring (bicyclic) bond motifs is 1. The number of alkyl carbamates (subject to hydrolysis) is 1. The van der Waals surface area contributed by atoms with Crippen molar-refractivity contribution < 1.29 is 19.1 Å². The molecule has 0 spiro atoms. The van der Waals surface area contributed by atoms with Gasteiger partial charge in [0, 0.05) is 12.8 Å². The first-order valence-electron chi connectivity index (χ1n) is 9.80. The molecule has 1 atom stereocenters. The molecule has 0 aliphatic heterocycles. The average Bonchev–Trinajstić information content (AvgIpc) is 2.64. The number of anilines is 1. The van der Waals surface area contributed by atoms with Crippen molar-refractivity contribution in [3.63, 3.8) is 0 Å². The molecule has 0 aliphatic carbocycles. The average molecular weight is 418 g/mol. The zero-order valence-corrected chi connectivity index (χ0v) is 18.3. The summed E-state index contributed by atoms with van der Waals surface area (Å²) in [6, 6.07) is 4.11. The van der Waals surface area contributed by atoms with Crippen molar-refractivity contribution in [1.29, 1.82) is 0 Å². The number of amides is 2. The second-order valence-corrected chi connectivity index (χ2v) is 8.33. The van der Waals surface area contributed by atoms with Crippen LogP contribution in [0.1, 0.15) is 34.6 Å². The van der Waals surface area contributed by atoms with Crippen LogP contribution in [0.3, 0.4) is 0 Å². The van der Waals surface area contributed by atoms with E-state index in [9.17, 15) is 14.4 Å². The molecule has 2 amide bonds. The summed E-state index contributed by atoms with van der Waals surface area (Å²) in [6.07, 6.45) is 0.807. The Bertz CT molecular complexity index is 962. The number of methoxy groups -OCH3 is 1. The van der Waals surface area contributed by atoms with Gasteiger partial charge in [0.1, 0.15) is 11.6 Å². The molecule has 0 aliphatic rings. The first-order valence-corrected chi connectivity index (χ1v) is 9.80. The topological polar surface area (TPSA) is 112 Å². The molecule has 2 rings (SSSR count). The van der Waals surface area contributed by atoms with E-state index in [-0.39, 0.29) is 11.5 Å². The van der Waals surface area contributed by atoms with E-state index >= 15 is 0 Å². The van der Waals surface area contributed by atoms with E-state index in [0.29, 0.717) is 29.7 Å². The zero-order valence-electron chi connectivity index (χ0n) is 18.3. The van der Waals surface area contributed by atoms with Gasteiger partial charge >= 0.3 is 6.09 Å². The molecule has 0 saturated heterocycles. The highest BCUT2D eigenvalue weighted by Crippen LogP contribution is 2.16. The summed E-state index contributed by atoms with van der Waals surface area (Å²) < 4.78 is 11.7. The molecule has 2 aromatic rings. The van der Waals surface area contributed by atoms with E-state index in [4.69, 9.17) is 9.47 Å². The molecule has 0 saturated carbocycles. The third-order valence-electron chi connectivity index (χ3n) is 4.25. The first kappa shape index (κ1) is 23.3. The Balaban J connectivity index is 2.21. The van der Waals surface area contributed by atoms with Crippen molar-refractivity contribution in [3.8, 4) is 0 Å². The Morgan fingerprint density at radius 2 is 1.93 bits per heavy atom. The molecule has 1 unspecified atom stereocenters. The van der Waals surface area contributed by atoms with E-state index < -0.39 is 23.6 Å². The van der Waals surface area contributed by atoms with Crippen LogP contribution < -0.4 is 16.2 Å². The standard InChI is InChI=1S/C21H30N4O5/c1-13(2)17(24-20(28)30-21(3,4)5)18(26)23-14-7-8-16-15(11-14)19(27)25(12-22-16)9-10-29-6/h7-8,11-13,17H,9-10H2,1-6H3,(H,23,26)(H,24,28). The number of hydrogen-bond acceptors (Lipinski definition) is 6. The molecule has 0 bridgehead atoms. The van der Waals surface area contributed by atoms with Gasteiger partial charge in [0.25, 0.3) is 5.56 Å². The van der Waals surface area contributed by atoms with Gasteiger partial charge < -0.3 is 20.1 Å². The molecule has 9 nitrogen and oxygen atoms in total.